The molecule has 1 amide bonds. The number of thioether (sulfide) groups is 1. The Morgan fingerprint density at radius 1 is 1.19 bits per heavy atom. The first-order valence-electron chi connectivity index (χ1n) is 10.8. The maximum Gasteiger partial charge on any atom is 0.272 e. The lowest BCUT2D eigenvalue weighted by Crippen LogP contribution is -2.55. The fourth-order valence-corrected chi connectivity index (χ4v) is 5.98. The molecule has 0 radical (unpaired) electrons. The van der Waals surface area contributed by atoms with Crippen molar-refractivity contribution < 1.29 is 4.79 Å². The first-order valence-corrected chi connectivity index (χ1v) is 12.1. The van der Waals surface area contributed by atoms with Gasteiger partial charge in [0.1, 0.15) is 11.3 Å². The van der Waals surface area contributed by atoms with Crippen LogP contribution in [-0.2, 0) is 0 Å². The smallest absolute Gasteiger partial charge is 0.272 e. The minimum Gasteiger partial charge on any atom is -0.348 e. The van der Waals surface area contributed by atoms with Crippen LogP contribution in [0.25, 0.3) is 16.4 Å². The highest BCUT2D eigenvalue weighted by Crippen LogP contribution is 2.62. The summed E-state index contributed by atoms with van der Waals surface area (Å²) in [6, 6.07) is 11.9. The molecular weight excluding hydrogens is 422 g/mol. The maximum atomic E-state index is 12.8. The number of nitrogens with one attached hydrogen (secondary N) is 2. The van der Waals surface area contributed by atoms with E-state index in [4.69, 9.17) is 0 Å². The van der Waals surface area contributed by atoms with Gasteiger partial charge < -0.3 is 5.32 Å². The van der Waals surface area contributed by atoms with Crippen molar-refractivity contribution in [3.63, 3.8) is 0 Å². The van der Waals surface area contributed by atoms with Gasteiger partial charge >= 0.3 is 0 Å². The van der Waals surface area contributed by atoms with Gasteiger partial charge in [0.25, 0.3) is 11.5 Å². The number of rotatable bonds is 4. The molecule has 4 aromatic rings. The molecule has 0 unspecified atom stereocenters. The Kier molecular flexibility index (Phi) is 4.40. The molecule has 0 aliphatic heterocycles. The number of H-pyrrole nitrogens is 1. The van der Waals surface area contributed by atoms with Gasteiger partial charge in [0.05, 0.1) is 17.3 Å². The quantitative estimate of drug-likeness (QED) is 0.467. The molecule has 1 spiro atoms. The lowest BCUT2D eigenvalue weighted by molar-refractivity contribution is -0.0197. The van der Waals surface area contributed by atoms with Crippen molar-refractivity contribution in [2.75, 3.05) is 6.26 Å². The molecule has 2 aliphatic carbocycles. The van der Waals surface area contributed by atoms with Gasteiger partial charge in [0.2, 0.25) is 0 Å². The van der Waals surface area contributed by atoms with Crippen LogP contribution in [0.2, 0.25) is 0 Å². The number of imidazole rings is 1. The number of aromatic nitrogens is 4. The van der Waals surface area contributed by atoms with Crippen LogP contribution in [0.4, 0.5) is 0 Å². The zero-order chi connectivity index (χ0) is 21.9. The van der Waals surface area contributed by atoms with Crippen molar-refractivity contribution in [2.45, 2.75) is 42.5 Å². The summed E-state index contributed by atoms with van der Waals surface area (Å²) in [5.74, 6) is 0.288. The van der Waals surface area contributed by atoms with Crippen molar-refractivity contribution >= 4 is 34.1 Å². The van der Waals surface area contributed by atoms with E-state index >= 15 is 0 Å². The highest BCUT2D eigenvalue weighted by molar-refractivity contribution is 7.98. The summed E-state index contributed by atoms with van der Waals surface area (Å²) in [5.41, 5.74) is 2.50. The van der Waals surface area contributed by atoms with E-state index in [1.807, 2.05) is 53.3 Å². The average Bonchev–Trinajstić information content (AvgIpc) is 3.18. The zero-order valence-corrected chi connectivity index (χ0v) is 18.5. The second kappa shape index (κ2) is 7.20. The standard InChI is InChI=1S/C24H23N5O2S/c1-32-16-6-7-29-19(13-25-20(29)8-16)23(31)26-15-11-24(12-15)9-14(10-24)21-17-4-2-3-5-18(17)22(30)28-27-21/h2-8,13-15H,9-12H2,1H3,(H,26,31)(H,28,30)/t14-,15-,24?. The molecule has 0 saturated heterocycles. The van der Waals surface area contributed by atoms with Crippen LogP contribution in [0, 0.1) is 5.41 Å². The van der Waals surface area contributed by atoms with E-state index in [9.17, 15) is 9.59 Å². The van der Waals surface area contributed by atoms with Crippen molar-refractivity contribution in [1.82, 2.24) is 24.9 Å². The lowest BCUT2D eigenvalue weighted by atomic mass is 9.49. The normalized spacial score (nSPS) is 24.4. The maximum absolute atomic E-state index is 12.8. The van der Waals surface area contributed by atoms with Gasteiger partial charge in [-0.05, 0) is 55.6 Å². The molecule has 2 saturated carbocycles. The third-order valence-electron chi connectivity index (χ3n) is 7.12. The summed E-state index contributed by atoms with van der Waals surface area (Å²) < 4.78 is 1.84. The third-order valence-corrected chi connectivity index (χ3v) is 7.84. The molecule has 2 fully saturated rings. The van der Waals surface area contributed by atoms with Gasteiger partial charge in [0, 0.05) is 28.4 Å². The van der Waals surface area contributed by atoms with Crippen LogP contribution in [0.3, 0.4) is 0 Å². The topological polar surface area (TPSA) is 92.1 Å². The Labute approximate surface area is 188 Å². The molecule has 2 N–H and O–H groups in total. The highest BCUT2D eigenvalue weighted by atomic mass is 32.2. The Morgan fingerprint density at radius 2 is 1.97 bits per heavy atom. The number of nitrogens with zero attached hydrogens (tertiary/aromatic N) is 3. The van der Waals surface area contributed by atoms with Crippen molar-refractivity contribution in [3.05, 3.63) is 70.5 Å². The molecular formula is C24H23N5O2S. The number of carbonyl (C=O) groups excluding carboxylic acids is 1. The van der Waals surface area contributed by atoms with Gasteiger partial charge in [-0.1, -0.05) is 18.2 Å². The lowest BCUT2D eigenvalue weighted by Gasteiger charge is -2.57. The molecule has 8 heteroatoms. The minimum atomic E-state index is -0.137. The molecule has 2 aliphatic rings. The van der Waals surface area contributed by atoms with Gasteiger partial charge in [-0.25, -0.2) is 10.1 Å². The first kappa shape index (κ1) is 19.5. The summed E-state index contributed by atoms with van der Waals surface area (Å²) in [7, 11) is 0. The fraction of sp³-hybridized carbons (Fsp3) is 0.333. The van der Waals surface area contributed by atoms with Crippen LogP contribution >= 0.6 is 11.8 Å². The minimum absolute atomic E-state index is 0.0709. The largest absolute Gasteiger partial charge is 0.348 e. The predicted molar refractivity (Wildman–Crippen MR) is 124 cm³/mol. The van der Waals surface area contributed by atoms with Crippen molar-refractivity contribution in [3.8, 4) is 0 Å². The van der Waals surface area contributed by atoms with Gasteiger partial charge in [-0.3, -0.25) is 14.0 Å². The first-order chi connectivity index (χ1) is 15.5. The molecule has 7 nitrogen and oxygen atoms in total. The van der Waals surface area contributed by atoms with E-state index < -0.39 is 0 Å². The summed E-state index contributed by atoms with van der Waals surface area (Å²) in [6.07, 6.45) is 9.66. The third kappa shape index (κ3) is 3.04. The van der Waals surface area contributed by atoms with Crippen LogP contribution in [-0.4, -0.2) is 37.8 Å². The van der Waals surface area contributed by atoms with E-state index in [2.05, 4.69) is 20.5 Å². The number of fused-ring (bicyclic) bond motifs is 2. The summed E-state index contributed by atoms with van der Waals surface area (Å²) in [6.45, 7) is 0. The number of hydrogen-bond donors (Lipinski definition) is 2. The molecule has 3 heterocycles. The number of hydrogen-bond acceptors (Lipinski definition) is 5. The number of aromatic amines is 1. The number of carbonyl (C=O) groups is 1. The van der Waals surface area contributed by atoms with E-state index in [-0.39, 0.29) is 22.9 Å². The summed E-state index contributed by atoms with van der Waals surface area (Å²) in [5, 5.41) is 11.9. The van der Waals surface area contributed by atoms with Crippen LogP contribution < -0.4 is 10.9 Å². The Bertz CT molecular complexity index is 1410. The second-order valence-electron chi connectivity index (χ2n) is 9.11. The summed E-state index contributed by atoms with van der Waals surface area (Å²) in [4.78, 5) is 30.4. The fourth-order valence-electron chi connectivity index (χ4n) is 5.56. The van der Waals surface area contributed by atoms with Gasteiger partial charge in [-0.15, -0.1) is 11.8 Å². The number of benzene rings is 1. The van der Waals surface area contributed by atoms with E-state index in [0.29, 0.717) is 17.0 Å². The van der Waals surface area contributed by atoms with Gasteiger partial charge in [-0.2, -0.15) is 5.10 Å². The van der Waals surface area contributed by atoms with Crippen LogP contribution in [0.5, 0.6) is 0 Å². The molecule has 0 atom stereocenters. The van der Waals surface area contributed by atoms with Gasteiger partial charge in [0.15, 0.2) is 0 Å². The monoisotopic (exact) mass is 445 g/mol. The molecule has 6 rings (SSSR count). The molecule has 32 heavy (non-hydrogen) atoms. The molecule has 162 valence electrons. The van der Waals surface area contributed by atoms with Crippen molar-refractivity contribution in [1.29, 1.82) is 0 Å². The Balaban J connectivity index is 1.11. The van der Waals surface area contributed by atoms with Crippen molar-refractivity contribution in [2.24, 2.45) is 5.41 Å². The Morgan fingerprint density at radius 3 is 2.75 bits per heavy atom. The second-order valence-corrected chi connectivity index (χ2v) is 9.99. The predicted octanol–water partition coefficient (Wildman–Crippen LogP) is 3.75. The van der Waals surface area contributed by atoms with Crippen LogP contribution in [0.15, 0.2) is 58.5 Å². The average molecular weight is 446 g/mol. The molecule has 3 aromatic heterocycles. The van der Waals surface area contributed by atoms with E-state index in [1.54, 1.807) is 18.0 Å². The van der Waals surface area contributed by atoms with E-state index in [1.165, 1.54) is 0 Å². The number of pyridine rings is 1. The molecule has 0 bridgehead atoms. The van der Waals surface area contributed by atoms with E-state index in [0.717, 1.165) is 47.3 Å². The van der Waals surface area contributed by atoms with Crippen LogP contribution in [0.1, 0.15) is 47.8 Å². The highest BCUT2D eigenvalue weighted by Gasteiger charge is 2.54. The SMILES string of the molecule is CSc1ccn2c(C(=O)N[C@H]3CC4(C3)C[C@H](c3n[nH]c(=O)c5ccccc53)C4)cnc2c1. The number of amides is 1. The molecule has 1 aromatic carbocycles. The Hall–Kier alpha value is -3.13. The summed E-state index contributed by atoms with van der Waals surface area (Å²) >= 11 is 1.66. The zero-order valence-electron chi connectivity index (χ0n) is 17.7.